The summed E-state index contributed by atoms with van der Waals surface area (Å²) in [6.07, 6.45) is -2.78. The summed E-state index contributed by atoms with van der Waals surface area (Å²) in [5.74, 6) is -12.5. The van der Waals surface area contributed by atoms with E-state index >= 15 is 0 Å². The summed E-state index contributed by atoms with van der Waals surface area (Å²) < 4.78 is 0. The Bertz CT molecular complexity index is 2300. The Morgan fingerprint density at radius 1 is 0.487 bits per heavy atom. The van der Waals surface area contributed by atoms with Crippen LogP contribution in [0.4, 0.5) is 0 Å². The topological polar surface area (TPSA) is 522 Å². The van der Waals surface area contributed by atoms with Gasteiger partial charge in [-0.25, -0.2) is 0 Å². The summed E-state index contributed by atoms with van der Waals surface area (Å²) in [6, 6.07) is -5.33. The smallest absolute Gasteiger partial charge is 0.322 e. The van der Waals surface area contributed by atoms with Crippen molar-refractivity contribution in [2.24, 2.45) is 44.4 Å². The highest BCUT2D eigenvalue weighted by molar-refractivity contribution is 5.97. The van der Waals surface area contributed by atoms with E-state index in [0.29, 0.717) is 0 Å². The fourth-order valence-corrected chi connectivity index (χ4v) is 7.50. The Balaban J connectivity index is 3.79. The highest BCUT2D eigenvalue weighted by Crippen LogP contribution is 2.19. The van der Waals surface area contributed by atoms with Gasteiger partial charge in [-0.3, -0.25) is 67.5 Å². The minimum absolute atomic E-state index is 0.00298. The molecular weight excluding hydrogens is 1000 g/mol. The maximum Gasteiger partial charge on any atom is 0.322 e. The number of amides is 10. The minimum atomic E-state index is -1.71. The summed E-state index contributed by atoms with van der Waals surface area (Å²) in [4.78, 5) is 162. The van der Waals surface area contributed by atoms with E-state index in [1.807, 2.05) is 32.9 Å². The van der Waals surface area contributed by atoms with E-state index in [1.54, 1.807) is 0 Å². The summed E-state index contributed by atoms with van der Waals surface area (Å²) >= 11 is 0. The molecule has 0 heterocycles. The van der Waals surface area contributed by atoms with Crippen LogP contribution >= 0.6 is 0 Å². The highest BCUT2D eigenvalue weighted by Gasteiger charge is 2.34. The van der Waals surface area contributed by atoms with E-state index in [1.165, 1.54) is 0 Å². The second-order valence-electron chi connectivity index (χ2n) is 17.7. The van der Waals surface area contributed by atoms with Crippen LogP contribution in [0.3, 0.4) is 0 Å². The summed E-state index contributed by atoms with van der Waals surface area (Å²) in [6.45, 7) is 5.16. The zero-order valence-corrected chi connectivity index (χ0v) is 43.1. The van der Waals surface area contributed by atoms with Gasteiger partial charge in [-0.2, -0.15) is 0 Å². The molecule has 0 aliphatic carbocycles. The fraction of sp³-hybridized carbons (Fsp3) is 0.565. The lowest BCUT2D eigenvalue weighted by molar-refractivity contribution is -0.138. The first-order valence-electron chi connectivity index (χ1n) is 24.1. The molecule has 30 nitrogen and oxygen atoms in total. The third kappa shape index (κ3) is 27.5. The monoisotopic (exact) mass is 1070 g/mol. The highest BCUT2D eigenvalue weighted by atomic mass is 16.4. The number of rotatable bonds is 36. The van der Waals surface area contributed by atoms with Gasteiger partial charge in [-0.05, 0) is 95.2 Å². The lowest BCUT2D eigenvalue weighted by Crippen LogP contribution is -2.59. The average Bonchev–Trinajstić information content (AvgIpc) is 3.31. The molecule has 6 atom stereocenters. The Morgan fingerprint density at radius 2 is 0.829 bits per heavy atom. The largest absolute Gasteiger partial charge is 0.480 e. The van der Waals surface area contributed by atoms with E-state index in [0.717, 1.165) is 29.2 Å². The van der Waals surface area contributed by atoms with Gasteiger partial charge in [0.2, 0.25) is 59.1 Å². The number of guanidine groups is 2. The number of carboxylic acid groups (broad SMARTS) is 2. The first-order valence-corrected chi connectivity index (χ1v) is 24.1. The lowest BCUT2D eigenvalue weighted by Gasteiger charge is -2.28. The molecule has 0 aliphatic rings. The first kappa shape index (κ1) is 65.4. The third-order valence-corrected chi connectivity index (χ3v) is 11.2. The Morgan fingerprint density at radius 3 is 1.18 bits per heavy atom. The molecule has 1 aromatic carbocycles. The van der Waals surface area contributed by atoms with Crippen molar-refractivity contribution in [1.29, 1.82) is 0 Å². The number of carbonyl (C=O) groups excluding carboxylic acids is 10. The Kier molecular flexibility index (Phi) is 29.3. The van der Waals surface area contributed by atoms with Crippen LogP contribution in [0.2, 0.25) is 0 Å². The van der Waals surface area contributed by atoms with E-state index < -0.39 is 159 Å². The fourth-order valence-electron chi connectivity index (χ4n) is 7.50. The van der Waals surface area contributed by atoms with E-state index in [-0.39, 0.29) is 63.5 Å². The number of aryl methyl sites for hydroxylation is 3. The minimum Gasteiger partial charge on any atom is -0.480 e. The van der Waals surface area contributed by atoms with Crippen LogP contribution < -0.4 is 76.9 Å². The van der Waals surface area contributed by atoms with Crippen molar-refractivity contribution in [3.63, 3.8) is 0 Å². The predicted molar refractivity (Wildman–Crippen MR) is 273 cm³/mol. The van der Waals surface area contributed by atoms with Crippen molar-refractivity contribution in [3.8, 4) is 0 Å². The van der Waals surface area contributed by atoms with Gasteiger partial charge in [-0.15, -0.1) is 0 Å². The number of aliphatic imine (C=N–C) groups is 2. The number of benzene rings is 1. The number of nitrogens with zero attached hydrogens (tertiary/aromatic N) is 2. The van der Waals surface area contributed by atoms with Gasteiger partial charge in [0.15, 0.2) is 11.9 Å². The average molecular weight is 1080 g/mol. The number of carbonyl (C=O) groups is 12. The van der Waals surface area contributed by atoms with Crippen molar-refractivity contribution in [2.45, 2.75) is 141 Å². The van der Waals surface area contributed by atoms with Gasteiger partial charge < -0.3 is 87.1 Å². The quantitative estimate of drug-likeness (QED) is 0.0169. The standard InChI is InChI=1S/C46H74N16O14/c1-23-19-24(2)27(25(3)20-23)9-10-31(60-44(76)33(13-16-36(66)56-22-38(69)70)62-41(73)30(57-26(4)63)12-15-35(65)55-21-37(67)68)42(74)61-32(11-14-34(47)64)43(75)59-29(8-6-18-54-46(51)52)40(72)58-28(39(48)71)7-5-17-53-45(49)50/h19-20,28-33H,5-18,21-22H2,1-4H3,(H2,47,64)(H2,48,71)(H,55,65)(H,56,66)(H,57,63)(H,58,72)(H,59,75)(H,60,76)(H,61,74)(H,62,73)(H,67,68)(H,69,70)(H4,49,50,53)(H4,51,52,54). The molecule has 76 heavy (non-hydrogen) atoms. The van der Waals surface area contributed by atoms with Crippen LogP contribution in [0.15, 0.2) is 22.1 Å². The number of nitrogens with two attached hydrogens (primary N) is 6. The van der Waals surface area contributed by atoms with Crippen molar-refractivity contribution in [3.05, 3.63) is 34.4 Å². The molecule has 0 spiro atoms. The van der Waals surface area contributed by atoms with E-state index in [2.05, 4.69) is 52.5 Å². The second-order valence-corrected chi connectivity index (χ2v) is 17.7. The zero-order chi connectivity index (χ0) is 57.7. The maximum atomic E-state index is 14.6. The van der Waals surface area contributed by atoms with Crippen LogP contribution in [0.1, 0.15) is 99.8 Å². The molecule has 0 saturated heterocycles. The number of nitrogens with one attached hydrogen (secondary N) is 8. The molecule has 0 fully saturated rings. The molecule has 6 unspecified atom stereocenters. The predicted octanol–water partition coefficient (Wildman–Crippen LogP) is -5.71. The van der Waals surface area contributed by atoms with Gasteiger partial charge in [0.1, 0.15) is 49.3 Å². The normalized spacial score (nSPS) is 13.0. The molecule has 422 valence electrons. The number of carboxylic acids is 2. The van der Waals surface area contributed by atoms with Crippen LogP contribution in [0.5, 0.6) is 0 Å². The van der Waals surface area contributed by atoms with E-state index in [4.69, 9.17) is 44.6 Å². The molecule has 30 heteroatoms. The Labute approximate surface area is 438 Å². The maximum absolute atomic E-state index is 14.6. The molecule has 0 aliphatic heterocycles. The summed E-state index contributed by atoms with van der Waals surface area (Å²) in [7, 11) is 0. The van der Waals surface area contributed by atoms with Gasteiger partial charge >= 0.3 is 11.9 Å². The summed E-state index contributed by atoms with van der Waals surface area (Å²) in [5, 5.41) is 37.1. The van der Waals surface area contributed by atoms with Crippen molar-refractivity contribution < 1.29 is 67.7 Å². The molecule has 0 radical (unpaired) electrons. The van der Waals surface area contributed by atoms with Crippen LogP contribution in [0, 0.1) is 20.8 Å². The molecule has 10 amide bonds. The molecule has 0 saturated carbocycles. The molecular formula is C46H74N16O14. The SMILES string of the molecule is CC(=O)NC(CCC(=O)NCC(=O)O)C(=O)NC(CCC(=O)NCC(=O)O)C(=O)NC(CCc1c(C)cc(C)cc1C)C(=O)NC(CCC(N)=O)C(=O)NC(CCCN=C(N)N)C(=O)NC(CCCN=C(N)N)C(N)=O. The van der Waals surface area contributed by atoms with Crippen LogP contribution in [0.25, 0.3) is 0 Å². The van der Waals surface area contributed by atoms with Gasteiger partial charge in [-0.1, -0.05) is 17.7 Å². The molecule has 0 aromatic heterocycles. The number of hydrogen-bond acceptors (Lipinski definition) is 14. The molecule has 1 aromatic rings. The number of aliphatic carboxylic acids is 2. The second kappa shape index (κ2) is 34.0. The number of hydrogen-bond donors (Lipinski definition) is 16. The van der Waals surface area contributed by atoms with Crippen molar-refractivity contribution in [2.75, 3.05) is 26.2 Å². The van der Waals surface area contributed by atoms with Crippen LogP contribution in [-0.2, 0) is 64.0 Å². The van der Waals surface area contributed by atoms with Crippen molar-refractivity contribution >= 4 is 82.9 Å². The Hall–Kier alpha value is -8.60. The third-order valence-electron chi connectivity index (χ3n) is 11.2. The first-order chi connectivity index (χ1) is 35.6. The molecule has 0 bridgehead atoms. The lowest BCUT2D eigenvalue weighted by atomic mass is 9.94. The summed E-state index contributed by atoms with van der Waals surface area (Å²) in [5.41, 5.74) is 36.1. The van der Waals surface area contributed by atoms with Gasteiger partial charge in [0, 0.05) is 39.3 Å². The number of primary amides is 2. The molecule has 1 rings (SSSR count). The van der Waals surface area contributed by atoms with Crippen LogP contribution in [-0.4, -0.2) is 156 Å². The zero-order valence-electron chi connectivity index (χ0n) is 43.1. The molecule has 22 N–H and O–H groups in total. The van der Waals surface area contributed by atoms with Crippen molar-refractivity contribution in [1.82, 2.24) is 42.5 Å². The van der Waals surface area contributed by atoms with E-state index in [9.17, 15) is 57.5 Å². The van der Waals surface area contributed by atoms with Gasteiger partial charge in [0.25, 0.3) is 0 Å². The van der Waals surface area contributed by atoms with Gasteiger partial charge in [0.05, 0.1) is 0 Å².